The molecule has 0 aromatic carbocycles. The number of carbonyl (C=O) groups is 1. The van der Waals surface area contributed by atoms with Crippen molar-refractivity contribution in [3.05, 3.63) is 24.2 Å². The summed E-state index contributed by atoms with van der Waals surface area (Å²) in [5.41, 5.74) is 2.10. The molecule has 1 saturated heterocycles. The van der Waals surface area contributed by atoms with E-state index in [0.29, 0.717) is 11.7 Å². The van der Waals surface area contributed by atoms with Gasteiger partial charge in [-0.1, -0.05) is 25.7 Å². The van der Waals surface area contributed by atoms with Gasteiger partial charge in [-0.15, -0.1) is 0 Å². The van der Waals surface area contributed by atoms with Crippen LogP contribution in [0.5, 0.6) is 0 Å². The molecule has 1 unspecified atom stereocenters. The quantitative estimate of drug-likeness (QED) is 0.398. The first-order valence-corrected chi connectivity index (χ1v) is 9.16. The monoisotopic (exact) mass is 345 g/mol. The second kappa shape index (κ2) is 8.92. The van der Waals surface area contributed by atoms with Gasteiger partial charge in [-0.25, -0.2) is 10.5 Å². The molecule has 25 heavy (non-hydrogen) atoms. The first-order chi connectivity index (χ1) is 12.2. The van der Waals surface area contributed by atoms with Crippen LogP contribution in [0.1, 0.15) is 44.2 Å². The molecule has 0 bridgehead atoms. The molecule has 7 nitrogen and oxygen atoms in total. The summed E-state index contributed by atoms with van der Waals surface area (Å²) >= 11 is 0. The first kappa shape index (κ1) is 17.8. The Bertz CT molecular complexity index is 584. The van der Waals surface area contributed by atoms with Gasteiger partial charge in [-0.3, -0.25) is 15.0 Å². The molecule has 1 amide bonds. The number of carbonyl (C=O) groups excluding carboxylic acids is 1. The standard InChI is InChI=1S/C18H27N5O2/c24-18(22-25)6-5-15-11-20-17(12-19-15)21-16-8-10-23(13-16)9-7-14-3-1-2-4-14/h5-6,11-12,14,16,25H,1-4,7-10,13H2,(H,20,21)(H,22,24)/b6-5+. The van der Waals surface area contributed by atoms with E-state index in [0.717, 1.165) is 31.2 Å². The van der Waals surface area contributed by atoms with Gasteiger partial charge in [0, 0.05) is 25.2 Å². The topological polar surface area (TPSA) is 90.4 Å². The third kappa shape index (κ3) is 5.51. The number of hydrogen-bond donors (Lipinski definition) is 3. The predicted molar refractivity (Wildman–Crippen MR) is 96.0 cm³/mol. The molecule has 2 aliphatic rings. The molecule has 1 atom stereocenters. The van der Waals surface area contributed by atoms with Crippen LogP contribution in [-0.2, 0) is 4.79 Å². The van der Waals surface area contributed by atoms with E-state index in [-0.39, 0.29) is 0 Å². The highest BCUT2D eigenvalue weighted by Crippen LogP contribution is 2.28. The Labute approximate surface area is 148 Å². The van der Waals surface area contributed by atoms with Crippen LogP contribution in [0.2, 0.25) is 0 Å². The number of rotatable bonds is 7. The van der Waals surface area contributed by atoms with Gasteiger partial charge in [0.25, 0.3) is 5.91 Å². The minimum Gasteiger partial charge on any atom is -0.365 e. The molecule has 3 N–H and O–H groups in total. The van der Waals surface area contributed by atoms with Crippen LogP contribution in [0.25, 0.3) is 6.08 Å². The van der Waals surface area contributed by atoms with Gasteiger partial charge in [-0.2, -0.15) is 0 Å². The Hall–Kier alpha value is -1.99. The van der Waals surface area contributed by atoms with Gasteiger partial charge in [0.05, 0.1) is 18.1 Å². The molecule has 0 radical (unpaired) electrons. The maximum atomic E-state index is 10.9. The lowest BCUT2D eigenvalue weighted by molar-refractivity contribution is -0.124. The van der Waals surface area contributed by atoms with Crippen molar-refractivity contribution < 1.29 is 10.0 Å². The van der Waals surface area contributed by atoms with Gasteiger partial charge in [0.1, 0.15) is 5.82 Å². The largest absolute Gasteiger partial charge is 0.365 e. The fourth-order valence-corrected chi connectivity index (χ4v) is 3.72. The van der Waals surface area contributed by atoms with Gasteiger partial charge in [-0.05, 0) is 31.4 Å². The van der Waals surface area contributed by atoms with E-state index in [2.05, 4.69) is 20.2 Å². The Balaban J connectivity index is 1.41. The van der Waals surface area contributed by atoms with Crippen LogP contribution in [0.15, 0.2) is 18.5 Å². The summed E-state index contributed by atoms with van der Waals surface area (Å²) in [7, 11) is 0. The number of nitrogens with one attached hydrogen (secondary N) is 2. The normalized spacial score (nSPS) is 21.9. The highest BCUT2D eigenvalue weighted by molar-refractivity contribution is 5.90. The number of hydroxylamine groups is 1. The van der Waals surface area contributed by atoms with Gasteiger partial charge in [0.2, 0.25) is 0 Å². The van der Waals surface area contributed by atoms with Gasteiger partial charge in [0.15, 0.2) is 0 Å². The molecule has 1 aromatic rings. The van der Waals surface area contributed by atoms with E-state index in [4.69, 9.17) is 5.21 Å². The predicted octanol–water partition coefficient (Wildman–Crippen LogP) is 2.06. The summed E-state index contributed by atoms with van der Waals surface area (Å²) in [6, 6.07) is 0.416. The Morgan fingerprint density at radius 2 is 2.12 bits per heavy atom. The summed E-state index contributed by atoms with van der Waals surface area (Å²) in [6.07, 6.45) is 14.1. The molecule has 3 rings (SSSR count). The number of likely N-dealkylation sites (tertiary alicyclic amines) is 1. The number of hydrogen-bond acceptors (Lipinski definition) is 6. The number of amides is 1. The Kier molecular flexibility index (Phi) is 6.36. The molecular formula is C18H27N5O2. The maximum Gasteiger partial charge on any atom is 0.267 e. The second-order valence-corrected chi connectivity index (χ2v) is 7.01. The summed E-state index contributed by atoms with van der Waals surface area (Å²) in [6.45, 7) is 3.42. The fraction of sp³-hybridized carbons (Fsp3) is 0.611. The highest BCUT2D eigenvalue weighted by Gasteiger charge is 2.24. The maximum absolute atomic E-state index is 10.9. The molecule has 0 spiro atoms. The minimum atomic E-state index is -0.590. The van der Waals surface area contributed by atoms with Crippen LogP contribution >= 0.6 is 0 Å². The van der Waals surface area contributed by atoms with Crippen LogP contribution in [-0.4, -0.2) is 51.7 Å². The lowest BCUT2D eigenvalue weighted by atomic mass is 10.0. The van der Waals surface area contributed by atoms with Crippen molar-refractivity contribution in [2.24, 2.45) is 5.92 Å². The average Bonchev–Trinajstić information content (AvgIpc) is 3.31. The van der Waals surface area contributed by atoms with E-state index in [1.165, 1.54) is 56.3 Å². The Morgan fingerprint density at radius 1 is 1.28 bits per heavy atom. The molecule has 1 aromatic heterocycles. The van der Waals surface area contributed by atoms with Crippen LogP contribution < -0.4 is 10.8 Å². The molecule has 2 fully saturated rings. The molecular weight excluding hydrogens is 318 g/mol. The molecule has 1 saturated carbocycles. The van der Waals surface area contributed by atoms with Crippen molar-refractivity contribution in [3.8, 4) is 0 Å². The van der Waals surface area contributed by atoms with E-state index in [9.17, 15) is 4.79 Å². The molecule has 136 valence electrons. The number of anilines is 1. The van der Waals surface area contributed by atoms with Crippen LogP contribution in [0.3, 0.4) is 0 Å². The zero-order chi connectivity index (χ0) is 17.5. The van der Waals surface area contributed by atoms with Crippen molar-refractivity contribution >= 4 is 17.8 Å². The third-order valence-corrected chi connectivity index (χ3v) is 5.14. The van der Waals surface area contributed by atoms with Crippen molar-refractivity contribution in [3.63, 3.8) is 0 Å². The highest BCUT2D eigenvalue weighted by atomic mass is 16.5. The van der Waals surface area contributed by atoms with Crippen LogP contribution in [0, 0.1) is 5.92 Å². The smallest absolute Gasteiger partial charge is 0.267 e. The zero-order valence-corrected chi connectivity index (χ0v) is 14.5. The van der Waals surface area contributed by atoms with Crippen molar-refractivity contribution in [2.75, 3.05) is 25.0 Å². The number of nitrogens with zero attached hydrogens (tertiary/aromatic N) is 3. The lowest BCUT2D eigenvalue weighted by Gasteiger charge is -2.19. The number of aromatic nitrogens is 2. The summed E-state index contributed by atoms with van der Waals surface area (Å²) in [4.78, 5) is 22.1. The fourth-order valence-electron chi connectivity index (χ4n) is 3.72. The molecule has 7 heteroatoms. The third-order valence-electron chi connectivity index (χ3n) is 5.14. The van der Waals surface area contributed by atoms with Gasteiger partial charge >= 0.3 is 0 Å². The SMILES string of the molecule is O=C(/C=C/c1cnc(NC2CCN(CCC3CCCC3)C2)cn1)NO. The first-order valence-electron chi connectivity index (χ1n) is 9.16. The second-order valence-electron chi connectivity index (χ2n) is 7.01. The van der Waals surface area contributed by atoms with E-state index in [1.54, 1.807) is 12.4 Å². The van der Waals surface area contributed by atoms with E-state index < -0.39 is 5.91 Å². The minimum absolute atomic E-state index is 0.416. The lowest BCUT2D eigenvalue weighted by Crippen LogP contribution is -2.28. The van der Waals surface area contributed by atoms with Crippen molar-refractivity contribution in [2.45, 2.75) is 44.6 Å². The van der Waals surface area contributed by atoms with E-state index in [1.807, 2.05) is 0 Å². The summed E-state index contributed by atoms with van der Waals surface area (Å²) in [5.74, 6) is 1.12. The van der Waals surface area contributed by atoms with Crippen LogP contribution in [0.4, 0.5) is 5.82 Å². The summed E-state index contributed by atoms with van der Waals surface area (Å²) < 4.78 is 0. The molecule has 1 aliphatic heterocycles. The average molecular weight is 345 g/mol. The van der Waals surface area contributed by atoms with Crippen molar-refractivity contribution in [1.82, 2.24) is 20.3 Å². The van der Waals surface area contributed by atoms with Gasteiger partial charge < -0.3 is 10.2 Å². The zero-order valence-electron chi connectivity index (χ0n) is 14.5. The molecule has 1 aliphatic carbocycles. The Morgan fingerprint density at radius 3 is 2.84 bits per heavy atom. The summed E-state index contributed by atoms with van der Waals surface area (Å²) in [5, 5.41) is 11.9. The van der Waals surface area contributed by atoms with E-state index >= 15 is 0 Å². The molecule has 2 heterocycles. The van der Waals surface area contributed by atoms with Crippen molar-refractivity contribution in [1.29, 1.82) is 0 Å².